The first-order valence-electron chi connectivity index (χ1n) is 7.91. The van der Waals surface area contributed by atoms with Crippen molar-refractivity contribution in [2.75, 3.05) is 14.2 Å². The third-order valence-electron chi connectivity index (χ3n) is 3.66. The normalized spacial score (nSPS) is 11.3. The predicted octanol–water partition coefficient (Wildman–Crippen LogP) is 3.47. The van der Waals surface area contributed by atoms with Gasteiger partial charge >= 0.3 is 12.1 Å². The van der Waals surface area contributed by atoms with Crippen molar-refractivity contribution in [2.24, 2.45) is 0 Å². The molecular weight excluding hydrogens is 402 g/mol. The second-order valence-electron chi connectivity index (χ2n) is 5.44. The van der Waals surface area contributed by atoms with Crippen LogP contribution in [0.5, 0.6) is 5.75 Å². The molecule has 2 aromatic carbocycles. The first-order valence-corrected chi connectivity index (χ1v) is 8.70. The van der Waals surface area contributed by atoms with E-state index in [1.807, 2.05) is 42.5 Å². The highest BCUT2D eigenvalue weighted by Crippen LogP contribution is 2.24. The Hall–Kier alpha value is -2.54. The summed E-state index contributed by atoms with van der Waals surface area (Å²) >= 11 is 3.39. The molecule has 0 aliphatic carbocycles. The van der Waals surface area contributed by atoms with Gasteiger partial charge in [0, 0.05) is 10.9 Å². The van der Waals surface area contributed by atoms with Crippen LogP contribution in [0.1, 0.15) is 11.1 Å². The fourth-order valence-corrected chi connectivity index (χ4v) is 2.78. The lowest BCUT2D eigenvalue weighted by molar-refractivity contribution is -0.143. The first kappa shape index (κ1) is 19.8. The molecule has 0 aliphatic rings. The summed E-state index contributed by atoms with van der Waals surface area (Å²) in [5.41, 5.74) is 1.60. The average Bonchev–Trinajstić information content (AvgIpc) is 2.66. The summed E-state index contributed by atoms with van der Waals surface area (Å²) in [6, 6.07) is 13.8. The minimum absolute atomic E-state index is 0.112. The minimum Gasteiger partial charge on any atom is -0.496 e. The lowest BCUT2D eigenvalue weighted by Crippen LogP contribution is -2.43. The highest BCUT2D eigenvalue weighted by atomic mass is 79.9. The van der Waals surface area contributed by atoms with E-state index in [0.29, 0.717) is 5.75 Å². The number of ether oxygens (including phenoxy) is 3. The second kappa shape index (κ2) is 9.82. The molecular formula is C19H20BrNO5. The molecule has 2 aromatic rings. The monoisotopic (exact) mass is 421 g/mol. The lowest BCUT2D eigenvalue weighted by Gasteiger charge is -2.18. The van der Waals surface area contributed by atoms with Crippen molar-refractivity contribution in [3.8, 4) is 5.75 Å². The predicted molar refractivity (Wildman–Crippen MR) is 100.0 cm³/mol. The Bertz CT molecular complexity index is 751. The van der Waals surface area contributed by atoms with Gasteiger partial charge in [0.2, 0.25) is 0 Å². The molecule has 1 amide bonds. The number of alkyl carbamates (subject to hydrolysis) is 1. The maximum Gasteiger partial charge on any atom is 0.408 e. The van der Waals surface area contributed by atoms with Gasteiger partial charge in [-0.3, -0.25) is 0 Å². The number of hydrogen-bond acceptors (Lipinski definition) is 5. The van der Waals surface area contributed by atoms with Crippen molar-refractivity contribution >= 4 is 28.0 Å². The zero-order valence-corrected chi connectivity index (χ0v) is 16.1. The van der Waals surface area contributed by atoms with E-state index >= 15 is 0 Å². The summed E-state index contributed by atoms with van der Waals surface area (Å²) in [5, 5.41) is 2.55. The van der Waals surface area contributed by atoms with Crippen LogP contribution in [0.2, 0.25) is 0 Å². The van der Waals surface area contributed by atoms with Gasteiger partial charge in [-0.2, -0.15) is 0 Å². The fourth-order valence-electron chi connectivity index (χ4n) is 2.37. The van der Waals surface area contributed by atoms with E-state index in [1.165, 1.54) is 7.11 Å². The number of nitrogens with one attached hydrogen (secondary N) is 1. The van der Waals surface area contributed by atoms with Crippen molar-refractivity contribution < 1.29 is 23.8 Å². The third kappa shape index (κ3) is 5.77. The number of hydrogen-bond donors (Lipinski definition) is 1. The van der Waals surface area contributed by atoms with Crippen LogP contribution >= 0.6 is 15.9 Å². The van der Waals surface area contributed by atoms with E-state index in [0.717, 1.165) is 15.6 Å². The highest BCUT2D eigenvalue weighted by Gasteiger charge is 2.24. The van der Waals surface area contributed by atoms with E-state index in [2.05, 4.69) is 21.2 Å². The Kier molecular flexibility index (Phi) is 7.47. The molecule has 0 saturated heterocycles. The minimum atomic E-state index is -0.897. The Balaban J connectivity index is 2.04. The van der Waals surface area contributed by atoms with E-state index < -0.39 is 18.1 Å². The van der Waals surface area contributed by atoms with Gasteiger partial charge in [-0.1, -0.05) is 46.3 Å². The van der Waals surface area contributed by atoms with E-state index in [1.54, 1.807) is 13.2 Å². The first-order chi connectivity index (χ1) is 12.5. The largest absolute Gasteiger partial charge is 0.496 e. The third-order valence-corrected chi connectivity index (χ3v) is 4.15. The lowest BCUT2D eigenvalue weighted by atomic mass is 10.0. The van der Waals surface area contributed by atoms with Gasteiger partial charge in [0.1, 0.15) is 18.4 Å². The smallest absolute Gasteiger partial charge is 0.408 e. The van der Waals surface area contributed by atoms with Crippen LogP contribution in [0.25, 0.3) is 0 Å². The second-order valence-corrected chi connectivity index (χ2v) is 6.36. The van der Waals surface area contributed by atoms with Gasteiger partial charge in [0.25, 0.3) is 0 Å². The standard InChI is InChI=1S/C19H20BrNO5/c1-24-17-9-8-15(20)10-14(17)11-16(18(22)25-2)21-19(23)26-12-13-6-4-3-5-7-13/h3-10,16H,11-12H2,1-2H3,(H,21,23)/t16-/m0/s1. The highest BCUT2D eigenvalue weighted by molar-refractivity contribution is 9.10. The molecule has 0 saturated carbocycles. The van der Waals surface area contributed by atoms with Crippen LogP contribution in [0.3, 0.4) is 0 Å². The maximum absolute atomic E-state index is 12.1. The van der Waals surface area contributed by atoms with Crippen molar-refractivity contribution in [1.29, 1.82) is 0 Å². The van der Waals surface area contributed by atoms with E-state index in [-0.39, 0.29) is 13.0 Å². The zero-order valence-electron chi connectivity index (χ0n) is 14.5. The number of carbonyl (C=O) groups is 2. The molecule has 0 radical (unpaired) electrons. The van der Waals surface area contributed by atoms with Crippen molar-refractivity contribution in [2.45, 2.75) is 19.1 Å². The molecule has 0 heterocycles. The molecule has 7 heteroatoms. The van der Waals surface area contributed by atoms with Crippen LogP contribution in [0.15, 0.2) is 53.0 Å². The number of esters is 1. The van der Waals surface area contributed by atoms with Gasteiger partial charge < -0.3 is 19.5 Å². The van der Waals surface area contributed by atoms with Gasteiger partial charge in [-0.25, -0.2) is 9.59 Å². The van der Waals surface area contributed by atoms with Crippen molar-refractivity contribution in [3.05, 3.63) is 64.1 Å². The SMILES string of the molecule is COC(=O)[C@H](Cc1cc(Br)ccc1OC)NC(=O)OCc1ccccc1. The average molecular weight is 422 g/mol. The number of halogens is 1. The van der Waals surface area contributed by atoms with Crippen LogP contribution in [-0.4, -0.2) is 32.3 Å². The van der Waals surface area contributed by atoms with Crippen molar-refractivity contribution in [1.82, 2.24) is 5.32 Å². The molecule has 6 nitrogen and oxygen atoms in total. The summed E-state index contributed by atoms with van der Waals surface area (Å²) in [4.78, 5) is 24.1. The molecule has 0 unspecified atom stereocenters. The van der Waals surface area contributed by atoms with E-state index in [9.17, 15) is 9.59 Å². The van der Waals surface area contributed by atoms with Gasteiger partial charge in [0.15, 0.2) is 0 Å². The summed E-state index contributed by atoms with van der Waals surface area (Å²) in [5.74, 6) is 0.0465. The summed E-state index contributed by atoms with van der Waals surface area (Å²) in [6.45, 7) is 0.112. The Labute approximate surface area is 160 Å². The number of carbonyl (C=O) groups excluding carboxylic acids is 2. The molecule has 0 bridgehead atoms. The molecule has 0 aromatic heterocycles. The topological polar surface area (TPSA) is 73.9 Å². The van der Waals surface area contributed by atoms with Crippen LogP contribution < -0.4 is 10.1 Å². The molecule has 138 valence electrons. The van der Waals surface area contributed by atoms with Gasteiger partial charge in [-0.05, 0) is 29.3 Å². The molecule has 1 atom stereocenters. The number of rotatable bonds is 7. The van der Waals surface area contributed by atoms with Gasteiger partial charge in [-0.15, -0.1) is 0 Å². The van der Waals surface area contributed by atoms with Crippen LogP contribution in [0.4, 0.5) is 4.79 Å². The van der Waals surface area contributed by atoms with Crippen molar-refractivity contribution in [3.63, 3.8) is 0 Å². The summed E-state index contributed by atoms with van der Waals surface area (Å²) < 4.78 is 16.1. The molecule has 1 N–H and O–H groups in total. The molecule has 0 aliphatic heterocycles. The maximum atomic E-state index is 12.1. The number of amides is 1. The quantitative estimate of drug-likeness (QED) is 0.692. The molecule has 0 fully saturated rings. The molecule has 0 spiro atoms. The fraction of sp³-hybridized carbons (Fsp3) is 0.263. The van der Waals surface area contributed by atoms with Gasteiger partial charge in [0.05, 0.1) is 14.2 Å². The Morgan fingerprint density at radius 3 is 2.50 bits per heavy atom. The van der Waals surface area contributed by atoms with E-state index in [4.69, 9.17) is 14.2 Å². The Morgan fingerprint density at radius 1 is 1.12 bits per heavy atom. The summed E-state index contributed by atoms with van der Waals surface area (Å²) in [6.07, 6.45) is -0.492. The molecule has 26 heavy (non-hydrogen) atoms. The van der Waals surface area contributed by atoms with Crippen LogP contribution in [0, 0.1) is 0 Å². The van der Waals surface area contributed by atoms with Crippen LogP contribution in [-0.2, 0) is 27.3 Å². The number of methoxy groups -OCH3 is 2. The summed E-state index contributed by atoms with van der Waals surface area (Å²) in [7, 11) is 2.81. The Morgan fingerprint density at radius 2 is 1.85 bits per heavy atom. The number of benzene rings is 2. The zero-order chi connectivity index (χ0) is 18.9. The molecule has 2 rings (SSSR count).